The number of benzene rings is 1. The fourth-order valence-corrected chi connectivity index (χ4v) is 2.07. The van der Waals surface area contributed by atoms with Crippen LogP contribution in [0.4, 0.5) is 33.3 Å². The maximum absolute atomic E-state index is 12.8. The van der Waals surface area contributed by atoms with Crippen molar-refractivity contribution in [2.75, 3.05) is 23.3 Å². The van der Waals surface area contributed by atoms with Crippen molar-refractivity contribution in [1.82, 2.24) is 0 Å². The Morgan fingerprint density at radius 1 is 1.00 bits per heavy atom. The van der Waals surface area contributed by atoms with Crippen LogP contribution < -0.4 is 10.2 Å². The van der Waals surface area contributed by atoms with E-state index in [0.29, 0.717) is 0 Å². The molecule has 1 heterocycles. The van der Waals surface area contributed by atoms with Crippen LogP contribution in [0.3, 0.4) is 0 Å². The van der Waals surface area contributed by atoms with E-state index in [1.54, 1.807) is 17.4 Å². The first-order valence-corrected chi connectivity index (χ1v) is 6.33. The second kappa shape index (κ2) is 5.50. The van der Waals surface area contributed by atoms with E-state index < -0.39 is 18.0 Å². The Bertz CT molecular complexity index is 506. The van der Waals surface area contributed by atoms with Crippen LogP contribution in [0.1, 0.15) is 12.8 Å². The molecule has 1 aliphatic rings. The molecular formula is C13H13F5N2O. The Morgan fingerprint density at radius 3 is 2.00 bits per heavy atom. The molecule has 21 heavy (non-hydrogen) atoms. The molecule has 0 spiro atoms. The van der Waals surface area contributed by atoms with Crippen LogP contribution in [0.25, 0.3) is 0 Å². The predicted octanol–water partition coefficient (Wildman–Crippen LogP) is 3.42. The van der Waals surface area contributed by atoms with Crippen LogP contribution in [-0.2, 0) is 4.79 Å². The number of carbonyl (C=O) groups excluding carboxylic acids is 1. The van der Waals surface area contributed by atoms with Crippen molar-refractivity contribution < 1.29 is 26.7 Å². The van der Waals surface area contributed by atoms with Crippen molar-refractivity contribution in [1.29, 1.82) is 0 Å². The van der Waals surface area contributed by atoms with Crippen molar-refractivity contribution in [2.45, 2.75) is 24.9 Å². The van der Waals surface area contributed by atoms with Gasteiger partial charge in [-0.05, 0) is 37.1 Å². The molecule has 1 amide bonds. The molecule has 1 fully saturated rings. The molecule has 0 aromatic heterocycles. The molecule has 0 aliphatic carbocycles. The third-order valence-electron chi connectivity index (χ3n) is 3.24. The van der Waals surface area contributed by atoms with E-state index in [1.807, 2.05) is 0 Å². The first kappa shape index (κ1) is 15.5. The summed E-state index contributed by atoms with van der Waals surface area (Å²) < 4.78 is 61.7. The topological polar surface area (TPSA) is 32.3 Å². The number of halogens is 5. The number of hydrogen-bond acceptors (Lipinski definition) is 2. The van der Waals surface area contributed by atoms with Gasteiger partial charge in [0.25, 0.3) is 0 Å². The molecular weight excluding hydrogens is 295 g/mol. The molecule has 116 valence electrons. The van der Waals surface area contributed by atoms with Crippen molar-refractivity contribution in [2.24, 2.45) is 0 Å². The zero-order valence-corrected chi connectivity index (χ0v) is 10.9. The largest absolute Gasteiger partial charge is 0.463 e. The van der Waals surface area contributed by atoms with Gasteiger partial charge in [0.05, 0.1) is 0 Å². The van der Waals surface area contributed by atoms with Gasteiger partial charge in [-0.25, -0.2) is 0 Å². The number of alkyl halides is 5. The number of amides is 1. The van der Waals surface area contributed by atoms with Crippen LogP contribution in [0, 0.1) is 0 Å². The average Bonchev–Trinajstić information content (AvgIpc) is 2.92. The molecule has 1 saturated heterocycles. The Kier molecular flexibility index (Phi) is 4.06. The minimum absolute atomic E-state index is 0.105. The van der Waals surface area contributed by atoms with E-state index in [-0.39, 0.29) is 5.69 Å². The third kappa shape index (κ3) is 3.25. The minimum atomic E-state index is -5.91. The highest BCUT2D eigenvalue weighted by Gasteiger charge is 2.63. The van der Waals surface area contributed by atoms with E-state index >= 15 is 0 Å². The minimum Gasteiger partial charge on any atom is -0.372 e. The number of anilines is 2. The van der Waals surface area contributed by atoms with Crippen molar-refractivity contribution in [3.8, 4) is 0 Å². The zero-order chi connectivity index (χ0) is 15.7. The summed E-state index contributed by atoms with van der Waals surface area (Å²) in [7, 11) is 0. The van der Waals surface area contributed by atoms with Gasteiger partial charge in [-0.1, -0.05) is 0 Å². The van der Waals surface area contributed by atoms with Crippen LogP contribution >= 0.6 is 0 Å². The zero-order valence-electron chi connectivity index (χ0n) is 10.9. The lowest BCUT2D eigenvalue weighted by molar-refractivity contribution is -0.267. The highest BCUT2D eigenvalue weighted by molar-refractivity contribution is 5.96. The maximum Gasteiger partial charge on any atom is 0.463 e. The third-order valence-corrected chi connectivity index (χ3v) is 3.24. The highest BCUT2D eigenvalue weighted by Crippen LogP contribution is 2.36. The summed E-state index contributed by atoms with van der Waals surface area (Å²) in [5.74, 6) is -7.80. The molecule has 2 rings (SSSR count). The number of rotatable bonds is 3. The highest BCUT2D eigenvalue weighted by atomic mass is 19.4. The summed E-state index contributed by atoms with van der Waals surface area (Å²) in [5, 5.41) is 1.58. The Morgan fingerprint density at radius 2 is 1.52 bits per heavy atom. The van der Waals surface area contributed by atoms with E-state index in [2.05, 4.69) is 4.90 Å². The SMILES string of the molecule is O=C(Nc1ccc(N2CCCC2)cc1)C(F)(F)C(F)(F)F. The van der Waals surface area contributed by atoms with Crippen LogP contribution in [0.2, 0.25) is 0 Å². The molecule has 3 nitrogen and oxygen atoms in total. The summed E-state index contributed by atoms with van der Waals surface area (Å²) in [6.07, 6.45) is -3.81. The number of hydrogen-bond donors (Lipinski definition) is 1. The molecule has 1 aromatic carbocycles. The first-order valence-electron chi connectivity index (χ1n) is 6.33. The lowest BCUT2D eigenvalue weighted by Crippen LogP contribution is -2.47. The molecule has 0 bridgehead atoms. The summed E-state index contributed by atoms with van der Waals surface area (Å²) in [6.45, 7) is 1.75. The monoisotopic (exact) mass is 308 g/mol. The molecule has 1 N–H and O–H groups in total. The lowest BCUT2D eigenvalue weighted by atomic mass is 10.2. The number of carbonyl (C=O) groups is 1. The van der Waals surface area contributed by atoms with Crippen molar-refractivity contribution >= 4 is 17.3 Å². The molecule has 0 atom stereocenters. The molecule has 8 heteroatoms. The first-order chi connectivity index (χ1) is 9.72. The van der Waals surface area contributed by atoms with Gasteiger partial charge in [-0.15, -0.1) is 0 Å². The standard InChI is InChI=1S/C13H13F5N2O/c14-12(15,13(16,17)18)11(21)19-9-3-5-10(6-4-9)20-7-1-2-8-20/h3-6H,1-2,7-8H2,(H,19,21). The second-order valence-electron chi connectivity index (χ2n) is 4.77. The van der Waals surface area contributed by atoms with Gasteiger partial charge < -0.3 is 10.2 Å². The average molecular weight is 308 g/mol. The second-order valence-corrected chi connectivity index (χ2v) is 4.77. The number of nitrogens with one attached hydrogen (secondary N) is 1. The summed E-state index contributed by atoms with van der Waals surface area (Å²) in [5.41, 5.74) is 0.736. The van der Waals surface area contributed by atoms with Gasteiger partial charge in [0, 0.05) is 24.5 Å². The van der Waals surface area contributed by atoms with Gasteiger partial charge in [0.2, 0.25) is 0 Å². The Labute approximate surface area is 117 Å². The fraction of sp³-hybridized carbons (Fsp3) is 0.462. The molecule has 0 saturated carbocycles. The van der Waals surface area contributed by atoms with Crippen molar-refractivity contribution in [3.63, 3.8) is 0 Å². The number of nitrogens with zero attached hydrogens (tertiary/aromatic N) is 1. The van der Waals surface area contributed by atoms with Gasteiger partial charge >= 0.3 is 18.0 Å². The summed E-state index contributed by atoms with van der Waals surface area (Å²) in [4.78, 5) is 13.1. The maximum atomic E-state index is 12.8. The van der Waals surface area contributed by atoms with Crippen molar-refractivity contribution in [3.05, 3.63) is 24.3 Å². The summed E-state index contributed by atoms with van der Waals surface area (Å²) in [6, 6.07) is 5.76. The molecule has 0 radical (unpaired) electrons. The van der Waals surface area contributed by atoms with E-state index in [9.17, 15) is 26.7 Å². The van der Waals surface area contributed by atoms with Gasteiger partial charge in [-0.2, -0.15) is 22.0 Å². The van der Waals surface area contributed by atoms with Crippen LogP contribution in [0.15, 0.2) is 24.3 Å². The van der Waals surface area contributed by atoms with Gasteiger partial charge in [-0.3, -0.25) is 4.79 Å². The van der Waals surface area contributed by atoms with Gasteiger partial charge in [0.15, 0.2) is 0 Å². The quantitative estimate of drug-likeness (QED) is 0.868. The Balaban J connectivity index is 2.05. The van der Waals surface area contributed by atoms with E-state index in [0.717, 1.165) is 31.6 Å². The van der Waals surface area contributed by atoms with Crippen LogP contribution in [0.5, 0.6) is 0 Å². The van der Waals surface area contributed by atoms with Gasteiger partial charge in [0.1, 0.15) is 0 Å². The Hall–Kier alpha value is -1.86. The van der Waals surface area contributed by atoms with E-state index in [1.165, 1.54) is 12.1 Å². The normalized spacial score (nSPS) is 16.1. The predicted molar refractivity (Wildman–Crippen MR) is 67.5 cm³/mol. The molecule has 1 aliphatic heterocycles. The van der Waals surface area contributed by atoms with E-state index in [4.69, 9.17) is 0 Å². The smallest absolute Gasteiger partial charge is 0.372 e. The fourth-order valence-electron chi connectivity index (χ4n) is 2.07. The lowest BCUT2D eigenvalue weighted by Gasteiger charge is -2.20. The summed E-state index contributed by atoms with van der Waals surface area (Å²) >= 11 is 0. The molecule has 0 unspecified atom stereocenters. The van der Waals surface area contributed by atoms with Crippen LogP contribution in [-0.4, -0.2) is 31.1 Å². The molecule has 1 aromatic rings.